The zero-order valence-corrected chi connectivity index (χ0v) is 7.17. The second-order valence-corrected chi connectivity index (χ2v) is 3.22. The maximum absolute atomic E-state index is 10.4. The molecule has 0 amide bonds. The molecule has 0 fully saturated rings. The molecule has 0 bridgehead atoms. The Morgan fingerprint density at radius 3 is 3.23 bits per heavy atom. The molecule has 2 heterocycles. The maximum Gasteiger partial charge on any atom is 0.390 e. The monoisotopic (exact) mass is 179 g/mol. The van der Waals surface area contributed by atoms with Crippen molar-refractivity contribution < 1.29 is 4.92 Å². The Bertz CT molecular complexity index is 381. The molecule has 1 aromatic rings. The van der Waals surface area contributed by atoms with Crippen molar-refractivity contribution in [1.29, 1.82) is 0 Å². The first-order chi connectivity index (χ1) is 6.16. The molecule has 2 rings (SSSR count). The summed E-state index contributed by atoms with van der Waals surface area (Å²) in [6, 6.07) is 1.53. The third kappa shape index (κ3) is 1.32. The van der Waals surface area contributed by atoms with Crippen LogP contribution in [0, 0.1) is 16.0 Å². The van der Waals surface area contributed by atoms with Gasteiger partial charge in [-0.2, -0.15) is 4.68 Å². The van der Waals surface area contributed by atoms with Gasteiger partial charge in [-0.25, -0.2) is 0 Å². The number of fused-ring (bicyclic) bond motifs is 1. The van der Waals surface area contributed by atoms with Gasteiger partial charge in [-0.3, -0.25) is 0 Å². The van der Waals surface area contributed by atoms with Crippen molar-refractivity contribution in [1.82, 2.24) is 9.78 Å². The van der Waals surface area contributed by atoms with Gasteiger partial charge >= 0.3 is 5.82 Å². The second-order valence-electron chi connectivity index (χ2n) is 3.22. The van der Waals surface area contributed by atoms with Crippen LogP contribution in [0.4, 0.5) is 5.82 Å². The number of hydrogen-bond donors (Lipinski definition) is 0. The van der Waals surface area contributed by atoms with E-state index in [9.17, 15) is 10.1 Å². The molecule has 1 atom stereocenters. The minimum atomic E-state index is -0.468. The highest BCUT2D eigenvalue weighted by Gasteiger charge is 2.20. The molecule has 0 N–H and O–H groups in total. The van der Waals surface area contributed by atoms with Crippen molar-refractivity contribution in [2.24, 2.45) is 5.92 Å². The Hall–Kier alpha value is -1.65. The van der Waals surface area contributed by atoms with E-state index >= 15 is 0 Å². The Morgan fingerprint density at radius 2 is 2.54 bits per heavy atom. The molecule has 0 saturated heterocycles. The normalized spacial score (nSPS) is 19.9. The lowest BCUT2D eigenvalue weighted by molar-refractivity contribution is -0.389. The van der Waals surface area contributed by atoms with Gasteiger partial charge in [0.15, 0.2) is 0 Å². The van der Waals surface area contributed by atoms with Crippen molar-refractivity contribution in [2.75, 3.05) is 0 Å². The highest BCUT2D eigenvalue weighted by Crippen LogP contribution is 2.20. The summed E-state index contributed by atoms with van der Waals surface area (Å²) in [5.41, 5.74) is 0.904. The van der Waals surface area contributed by atoms with Gasteiger partial charge in [-0.1, -0.05) is 13.0 Å². The van der Waals surface area contributed by atoms with Gasteiger partial charge in [-0.15, -0.1) is 0 Å². The molecule has 0 saturated carbocycles. The molecule has 1 aliphatic heterocycles. The minimum absolute atomic E-state index is 0.0752. The van der Waals surface area contributed by atoms with Crippen LogP contribution in [0.1, 0.15) is 12.6 Å². The molecular formula is C8H9N3O2. The molecule has 1 unspecified atom stereocenters. The van der Waals surface area contributed by atoms with Gasteiger partial charge in [0.1, 0.15) is 0 Å². The quantitative estimate of drug-likeness (QED) is 0.484. The molecule has 5 nitrogen and oxygen atoms in total. The highest BCUT2D eigenvalue weighted by molar-refractivity contribution is 5.35. The third-order valence-electron chi connectivity index (χ3n) is 2.07. The van der Waals surface area contributed by atoms with Crippen LogP contribution in [0.25, 0.3) is 6.20 Å². The van der Waals surface area contributed by atoms with Crippen molar-refractivity contribution >= 4 is 12.0 Å². The minimum Gasteiger partial charge on any atom is -0.358 e. The predicted molar refractivity (Wildman–Crippen MR) is 47.1 cm³/mol. The summed E-state index contributed by atoms with van der Waals surface area (Å²) < 4.78 is 1.57. The summed E-state index contributed by atoms with van der Waals surface area (Å²) in [5, 5.41) is 14.2. The van der Waals surface area contributed by atoms with Crippen LogP contribution in [-0.4, -0.2) is 14.7 Å². The van der Waals surface area contributed by atoms with Crippen LogP contribution < -0.4 is 0 Å². The number of nitro groups is 1. The van der Waals surface area contributed by atoms with E-state index < -0.39 is 4.92 Å². The van der Waals surface area contributed by atoms with Gasteiger partial charge in [0.25, 0.3) is 0 Å². The third-order valence-corrected chi connectivity index (χ3v) is 2.07. The number of nitrogens with zero attached hydrogens (tertiary/aromatic N) is 3. The molecule has 0 radical (unpaired) electrons. The zero-order valence-electron chi connectivity index (χ0n) is 7.17. The fourth-order valence-corrected chi connectivity index (χ4v) is 1.42. The fraction of sp³-hybridized carbons (Fsp3) is 0.375. The summed E-state index contributed by atoms with van der Waals surface area (Å²) in [6.45, 7) is 2.07. The number of allylic oxidation sites excluding steroid dienone is 1. The average Bonchev–Trinajstić information content (AvgIpc) is 2.46. The Kier molecular flexibility index (Phi) is 1.65. The van der Waals surface area contributed by atoms with Crippen LogP contribution in [0.2, 0.25) is 0 Å². The van der Waals surface area contributed by atoms with Crippen molar-refractivity contribution in [3.8, 4) is 0 Å². The van der Waals surface area contributed by atoms with Gasteiger partial charge in [0, 0.05) is 6.20 Å². The summed E-state index contributed by atoms with van der Waals surface area (Å²) in [7, 11) is 0. The van der Waals surface area contributed by atoms with Crippen molar-refractivity contribution in [3.63, 3.8) is 0 Å². The van der Waals surface area contributed by atoms with E-state index in [2.05, 4.69) is 12.0 Å². The van der Waals surface area contributed by atoms with Crippen LogP contribution in [-0.2, 0) is 6.42 Å². The largest absolute Gasteiger partial charge is 0.390 e. The van der Waals surface area contributed by atoms with E-state index in [1.807, 2.05) is 6.08 Å². The molecule has 13 heavy (non-hydrogen) atoms. The number of hydrogen-bond acceptors (Lipinski definition) is 3. The SMILES string of the molecule is CC1C=Cn2nc([N+](=O)[O-])cc2C1. The van der Waals surface area contributed by atoms with Gasteiger partial charge in [0.05, 0.1) is 16.9 Å². The number of aromatic nitrogens is 2. The summed E-state index contributed by atoms with van der Waals surface area (Å²) in [5.74, 6) is 0.359. The van der Waals surface area contributed by atoms with Crippen LogP contribution in [0.15, 0.2) is 12.1 Å². The maximum atomic E-state index is 10.4. The van der Waals surface area contributed by atoms with E-state index in [1.165, 1.54) is 6.07 Å². The summed E-state index contributed by atoms with van der Waals surface area (Å²) in [6.07, 6.45) is 4.58. The summed E-state index contributed by atoms with van der Waals surface area (Å²) in [4.78, 5) is 9.94. The van der Waals surface area contributed by atoms with Crippen molar-refractivity contribution in [3.05, 3.63) is 28.0 Å². The number of rotatable bonds is 1. The molecule has 5 heteroatoms. The predicted octanol–water partition coefficient (Wildman–Crippen LogP) is 1.45. The zero-order chi connectivity index (χ0) is 9.42. The van der Waals surface area contributed by atoms with Crippen molar-refractivity contribution in [2.45, 2.75) is 13.3 Å². The van der Waals surface area contributed by atoms with Crippen LogP contribution in [0.5, 0.6) is 0 Å². The van der Waals surface area contributed by atoms with Crippen LogP contribution >= 0.6 is 0 Å². The van der Waals surface area contributed by atoms with Gasteiger partial charge < -0.3 is 10.1 Å². The van der Waals surface area contributed by atoms with Gasteiger partial charge in [-0.05, 0) is 17.3 Å². The molecular weight excluding hydrogens is 170 g/mol. The van der Waals surface area contributed by atoms with E-state index in [4.69, 9.17) is 0 Å². The Morgan fingerprint density at radius 1 is 1.77 bits per heavy atom. The second kappa shape index (κ2) is 2.69. The first kappa shape index (κ1) is 7.97. The van der Waals surface area contributed by atoms with E-state index in [-0.39, 0.29) is 5.82 Å². The lowest BCUT2D eigenvalue weighted by atomic mass is 10.0. The molecule has 0 aliphatic carbocycles. The van der Waals surface area contributed by atoms with E-state index in [1.54, 1.807) is 10.9 Å². The smallest absolute Gasteiger partial charge is 0.358 e. The summed E-state index contributed by atoms with van der Waals surface area (Å²) >= 11 is 0. The molecule has 68 valence electrons. The molecule has 1 aliphatic rings. The average molecular weight is 179 g/mol. The lowest BCUT2D eigenvalue weighted by Crippen LogP contribution is -2.07. The van der Waals surface area contributed by atoms with Crippen LogP contribution in [0.3, 0.4) is 0 Å². The van der Waals surface area contributed by atoms with Gasteiger partial charge in [0.2, 0.25) is 0 Å². The molecule has 0 spiro atoms. The standard InChI is InChI=1S/C8H9N3O2/c1-6-2-3-10-7(4-6)5-8(9-10)11(12)13/h2-3,5-6H,4H2,1H3. The first-order valence-corrected chi connectivity index (χ1v) is 4.08. The molecule has 1 aromatic heterocycles. The fourth-order valence-electron chi connectivity index (χ4n) is 1.42. The van der Waals surface area contributed by atoms with E-state index in [0.29, 0.717) is 5.92 Å². The topological polar surface area (TPSA) is 61.0 Å². The van der Waals surface area contributed by atoms with E-state index in [0.717, 1.165) is 12.1 Å². The lowest BCUT2D eigenvalue weighted by Gasteiger charge is -2.08. The first-order valence-electron chi connectivity index (χ1n) is 4.08. The Labute approximate surface area is 74.8 Å². The Balaban J connectivity index is 2.41. The highest BCUT2D eigenvalue weighted by atomic mass is 16.6. The molecule has 0 aromatic carbocycles.